The quantitative estimate of drug-likeness (QED) is 0.829. The number of aryl methyl sites for hydroxylation is 1. The summed E-state index contributed by atoms with van der Waals surface area (Å²) in [6.45, 7) is 0. The number of nitrogens with one attached hydrogen (secondary N) is 1. The van der Waals surface area contributed by atoms with Crippen LogP contribution < -0.4 is 4.72 Å². The molecule has 7 heteroatoms. The van der Waals surface area contributed by atoms with Crippen LogP contribution in [0, 0.1) is 5.82 Å². The number of sulfonamides is 1. The summed E-state index contributed by atoms with van der Waals surface area (Å²) in [5.41, 5.74) is 1.08. The van der Waals surface area contributed by atoms with E-state index in [-0.39, 0.29) is 15.6 Å². The van der Waals surface area contributed by atoms with Gasteiger partial charge >= 0.3 is 0 Å². The summed E-state index contributed by atoms with van der Waals surface area (Å²) >= 11 is 11.4. The molecule has 0 amide bonds. The summed E-state index contributed by atoms with van der Waals surface area (Å²) in [5.74, 6) is -0.0661. The van der Waals surface area contributed by atoms with Crippen molar-refractivity contribution in [3.8, 4) is 0 Å². The molecule has 0 radical (unpaired) electrons. The number of halogens is 3. The van der Waals surface area contributed by atoms with Crippen LogP contribution in [0.5, 0.6) is 0 Å². The van der Waals surface area contributed by atoms with Gasteiger partial charge in [0.05, 0.1) is 15.6 Å². The Kier molecular flexibility index (Phi) is 5.08. The first kappa shape index (κ1) is 16.1. The number of benzene rings is 2. The largest absolute Gasteiger partial charge is 0.278 e. The van der Waals surface area contributed by atoms with Gasteiger partial charge in [0.1, 0.15) is 5.82 Å². The smallest absolute Gasteiger partial charge is 0.261 e. The van der Waals surface area contributed by atoms with E-state index in [1.54, 1.807) is 12.1 Å². The average molecular weight is 348 g/mol. The predicted molar refractivity (Wildman–Crippen MR) is 83.1 cm³/mol. The Morgan fingerprint density at radius 1 is 1.10 bits per heavy atom. The monoisotopic (exact) mass is 347 g/mol. The molecule has 2 rings (SSSR count). The zero-order valence-electron chi connectivity index (χ0n) is 10.8. The summed E-state index contributed by atoms with van der Waals surface area (Å²) in [4.78, 5) is 0.0983. The molecule has 0 spiro atoms. The van der Waals surface area contributed by atoms with Crippen LogP contribution in [0.2, 0.25) is 5.02 Å². The van der Waals surface area contributed by atoms with Gasteiger partial charge in [0.25, 0.3) is 10.0 Å². The molecule has 0 unspecified atom stereocenters. The molecule has 1 N–H and O–H groups in total. The molecule has 0 aliphatic carbocycles. The summed E-state index contributed by atoms with van der Waals surface area (Å²) < 4.78 is 39.7. The number of anilines is 1. The predicted octanol–water partition coefficient (Wildman–Crippen LogP) is 4.06. The number of hydrogen-bond acceptors (Lipinski definition) is 2. The minimum Gasteiger partial charge on any atom is -0.278 e. The Morgan fingerprint density at radius 3 is 2.33 bits per heavy atom. The second-order valence-corrected chi connectivity index (χ2v) is 6.78. The van der Waals surface area contributed by atoms with Gasteiger partial charge in [0.2, 0.25) is 0 Å². The fourth-order valence-corrected chi connectivity index (χ4v) is 3.29. The fourth-order valence-electron chi connectivity index (χ4n) is 1.72. The van der Waals surface area contributed by atoms with Crippen LogP contribution in [-0.2, 0) is 16.4 Å². The van der Waals surface area contributed by atoms with E-state index in [1.807, 2.05) is 0 Å². The molecule has 0 saturated carbocycles. The summed E-state index contributed by atoms with van der Waals surface area (Å²) in [6, 6.07) is 9.82. The SMILES string of the molecule is O=S(=O)(Nc1ccc(F)cc1Cl)c1ccc(CCCl)cc1. The van der Waals surface area contributed by atoms with Crippen molar-refractivity contribution in [2.24, 2.45) is 0 Å². The fraction of sp³-hybridized carbons (Fsp3) is 0.143. The van der Waals surface area contributed by atoms with Gasteiger partial charge in [-0.05, 0) is 42.3 Å². The highest BCUT2D eigenvalue weighted by molar-refractivity contribution is 7.92. The van der Waals surface area contributed by atoms with Gasteiger partial charge in [0, 0.05) is 5.88 Å². The van der Waals surface area contributed by atoms with E-state index >= 15 is 0 Å². The van der Waals surface area contributed by atoms with Gasteiger partial charge in [-0.1, -0.05) is 23.7 Å². The minimum absolute atomic E-state index is 0.00247. The van der Waals surface area contributed by atoms with Crippen molar-refractivity contribution in [2.45, 2.75) is 11.3 Å². The Balaban J connectivity index is 2.25. The van der Waals surface area contributed by atoms with E-state index in [4.69, 9.17) is 23.2 Å². The lowest BCUT2D eigenvalue weighted by Gasteiger charge is -2.10. The molecule has 21 heavy (non-hydrogen) atoms. The van der Waals surface area contributed by atoms with Crippen LogP contribution in [0.15, 0.2) is 47.4 Å². The Bertz CT molecular complexity index is 733. The third-order valence-corrected chi connectivity index (χ3v) is 4.68. The van der Waals surface area contributed by atoms with E-state index in [1.165, 1.54) is 18.2 Å². The van der Waals surface area contributed by atoms with Crippen LogP contribution in [0.1, 0.15) is 5.56 Å². The van der Waals surface area contributed by atoms with E-state index < -0.39 is 15.8 Å². The number of rotatable bonds is 5. The highest BCUT2D eigenvalue weighted by atomic mass is 35.5. The molecular formula is C14H12Cl2FNO2S. The van der Waals surface area contributed by atoms with Crippen molar-refractivity contribution in [3.05, 3.63) is 58.9 Å². The van der Waals surface area contributed by atoms with Gasteiger partial charge < -0.3 is 0 Å². The maximum Gasteiger partial charge on any atom is 0.261 e. The molecule has 112 valence electrons. The van der Waals surface area contributed by atoms with Gasteiger partial charge in [-0.15, -0.1) is 11.6 Å². The second-order valence-electron chi connectivity index (χ2n) is 4.31. The first-order chi connectivity index (χ1) is 9.92. The maximum absolute atomic E-state index is 12.9. The van der Waals surface area contributed by atoms with E-state index in [0.717, 1.165) is 17.7 Å². The maximum atomic E-state index is 12.9. The Morgan fingerprint density at radius 2 is 1.76 bits per heavy atom. The third kappa shape index (κ3) is 4.09. The Labute approximate surface area is 132 Å². The Hall–Kier alpha value is -1.30. The molecule has 0 aliphatic rings. The number of alkyl halides is 1. The normalized spacial score (nSPS) is 11.4. The van der Waals surface area contributed by atoms with E-state index in [9.17, 15) is 12.8 Å². The molecule has 0 fully saturated rings. The first-order valence-electron chi connectivity index (χ1n) is 6.05. The van der Waals surface area contributed by atoms with Crippen LogP contribution >= 0.6 is 23.2 Å². The summed E-state index contributed by atoms with van der Waals surface area (Å²) in [6.07, 6.45) is 0.666. The summed E-state index contributed by atoms with van der Waals surface area (Å²) in [7, 11) is -3.77. The van der Waals surface area contributed by atoms with Crippen molar-refractivity contribution in [1.82, 2.24) is 0 Å². The van der Waals surface area contributed by atoms with Crippen LogP contribution in [0.25, 0.3) is 0 Å². The zero-order valence-corrected chi connectivity index (χ0v) is 13.1. The number of hydrogen-bond donors (Lipinski definition) is 1. The minimum atomic E-state index is -3.77. The van der Waals surface area contributed by atoms with Gasteiger partial charge in [-0.3, -0.25) is 4.72 Å². The molecule has 0 aliphatic heterocycles. The molecular weight excluding hydrogens is 336 g/mol. The molecule has 0 atom stereocenters. The molecule has 2 aromatic rings. The molecule has 0 bridgehead atoms. The molecule has 2 aromatic carbocycles. The average Bonchev–Trinajstić information content (AvgIpc) is 2.43. The highest BCUT2D eigenvalue weighted by Gasteiger charge is 2.15. The van der Waals surface area contributed by atoms with E-state index in [2.05, 4.69) is 4.72 Å². The van der Waals surface area contributed by atoms with E-state index in [0.29, 0.717) is 12.3 Å². The third-order valence-electron chi connectivity index (χ3n) is 2.79. The van der Waals surface area contributed by atoms with Crippen LogP contribution in [0.4, 0.5) is 10.1 Å². The van der Waals surface area contributed by atoms with Crippen molar-refractivity contribution in [1.29, 1.82) is 0 Å². The molecule has 3 nitrogen and oxygen atoms in total. The second kappa shape index (κ2) is 6.64. The van der Waals surface area contributed by atoms with Crippen molar-refractivity contribution in [2.75, 3.05) is 10.6 Å². The first-order valence-corrected chi connectivity index (χ1v) is 8.45. The summed E-state index contributed by atoms with van der Waals surface area (Å²) in [5, 5.41) is -0.00247. The lowest BCUT2D eigenvalue weighted by Crippen LogP contribution is -2.13. The van der Waals surface area contributed by atoms with Crippen molar-refractivity contribution >= 4 is 38.9 Å². The van der Waals surface area contributed by atoms with Crippen molar-refractivity contribution in [3.63, 3.8) is 0 Å². The lowest BCUT2D eigenvalue weighted by molar-refractivity contribution is 0.601. The topological polar surface area (TPSA) is 46.2 Å². The van der Waals surface area contributed by atoms with Crippen LogP contribution in [-0.4, -0.2) is 14.3 Å². The zero-order chi connectivity index (χ0) is 15.5. The molecule has 0 aromatic heterocycles. The van der Waals surface area contributed by atoms with Crippen LogP contribution in [0.3, 0.4) is 0 Å². The lowest BCUT2D eigenvalue weighted by atomic mass is 10.2. The van der Waals surface area contributed by atoms with Gasteiger partial charge in [-0.2, -0.15) is 0 Å². The van der Waals surface area contributed by atoms with Gasteiger partial charge in [0.15, 0.2) is 0 Å². The molecule has 0 saturated heterocycles. The standard InChI is InChI=1S/C14H12Cl2FNO2S/c15-8-7-10-1-4-12(5-2-10)21(19,20)18-14-6-3-11(17)9-13(14)16/h1-6,9,18H,7-8H2. The highest BCUT2D eigenvalue weighted by Crippen LogP contribution is 2.25. The molecule has 0 heterocycles. The van der Waals surface area contributed by atoms with Gasteiger partial charge in [-0.25, -0.2) is 12.8 Å². The van der Waals surface area contributed by atoms with Crippen molar-refractivity contribution < 1.29 is 12.8 Å².